The Kier molecular flexibility index (Phi) is 4.07. The van der Waals surface area contributed by atoms with Gasteiger partial charge in [-0.1, -0.05) is 0 Å². The first-order valence-electron chi connectivity index (χ1n) is 7.44. The Hall–Kier alpha value is -3.09. The largest absolute Gasteiger partial charge is 0.382 e. The molecular formula is C17H16FN5O. The number of hydrogen-bond acceptors (Lipinski definition) is 5. The van der Waals surface area contributed by atoms with Crippen LogP contribution in [0.5, 0.6) is 0 Å². The van der Waals surface area contributed by atoms with Crippen molar-refractivity contribution in [3.05, 3.63) is 58.8 Å². The SMILES string of the molecule is CC(C)n1nc(-c2ncc(N)nc2-c2ccc(F)cc2)ccc1=O. The van der Waals surface area contributed by atoms with Crippen LogP contribution < -0.4 is 11.3 Å². The minimum absolute atomic E-state index is 0.0894. The first-order chi connectivity index (χ1) is 11.5. The zero-order valence-corrected chi connectivity index (χ0v) is 13.3. The fourth-order valence-corrected chi connectivity index (χ4v) is 2.32. The zero-order valence-electron chi connectivity index (χ0n) is 13.3. The van der Waals surface area contributed by atoms with Gasteiger partial charge in [-0.2, -0.15) is 5.10 Å². The van der Waals surface area contributed by atoms with Gasteiger partial charge in [0.15, 0.2) is 0 Å². The van der Waals surface area contributed by atoms with Crippen LogP contribution in [-0.4, -0.2) is 19.7 Å². The fourth-order valence-electron chi connectivity index (χ4n) is 2.32. The average Bonchev–Trinajstić information content (AvgIpc) is 2.56. The van der Waals surface area contributed by atoms with E-state index in [0.717, 1.165) is 0 Å². The highest BCUT2D eigenvalue weighted by molar-refractivity contribution is 5.76. The smallest absolute Gasteiger partial charge is 0.267 e. The molecule has 0 saturated carbocycles. The van der Waals surface area contributed by atoms with Crippen molar-refractivity contribution in [2.75, 3.05) is 5.73 Å². The number of rotatable bonds is 3. The molecule has 0 saturated heterocycles. The molecule has 0 aliphatic rings. The van der Waals surface area contributed by atoms with Gasteiger partial charge in [-0.3, -0.25) is 4.79 Å². The number of nitrogens with two attached hydrogens (primary N) is 1. The van der Waals surface area contributed by atoms with Gasteiger partial charge in [0, 0.05) is 11.6 Å². The number of nitrogens with zero attached hydrogens (tertiary/aromatic N) is 4. The fraction of sp³-hybridized carbons (Fsp3) is 0.176. The third kappa shape index (κ3) is 3.01. The van der Waals surface area contributed by atoms with Gasteiger partial charge in [0.25, 0.3) is 5.56 Å². The van der Waals surface area contributed by atoms with Crippen LogP contribution >= 0.6 is 0 Å². The highest BCUT2D eigenvalue weighted by atomic mass is 19.1. The quantitative estimate of drug-likeness (QED) is 0.800. The van der Waals surface area contributed by atoms with Crippen molar-refractivity contribution in [3.63, 3.8) is 0 Å². The Morgan fingerprint density at radius 3 is 2.46 bits per heavy atom. The van der Waals surface area contributed by atoms with E-state index in [1.807, 2.05) is 13.8 Å². The number of hydrogen-bond donors (Lipinski definition) is 1. The van der Waals surface area contributed by atoms with Crippen molar-refractivity contribution in [2.24, 2.45) is 0 Å². The monoisotopic (exact) mass is 325 g/mol. The lowest BCUT2D eigenvalue weighted by atomic mass is 10.1. The summed E-state index contributed by atoms with van der Waals surface area (Å²) in [6.45, 7) is 3.74. The molecule has 1 aromatic carbocycles. The van der Waals surface area contributed by atoms with Gasteiger partial charge in [0.1, 0.15) is 28.7 Å². The molecule has 122 valence electrons. The molecule has 0 radical (unpaired) electrons. The van der Waals surface area contributed by atoms with E-state index in [0.29, 0.717) is 22.6 Å². The predicted molar refractivity (Wildman–Crippen MR) is 89.7 cm³/mol. The first-order valence-corrected chi connectivity index (χ1v) is 7.44. The summed E-state index contributed by atoms with van der Waals surface area (Å²) in [5, 5.41) is 4.36. The van der Waals surface area contributed by atoms with E-state index in [1.54, 1.807) is 18.2 Å². The minimum Gasteiger partial charge on any atom is -0.382 e. The minimum atomic E-state index is -0.344. The van der Waals surface area contributed by atoms with Crippen molar-refractivity contribution in [3.8, 4) is 22.6 Å². The van der Waals surface area contributed by atoms with Crippen molar-refractivity contribution in [2.45, 2.75) is 19.9 Å². The van der Waals surface area contributed by atoms with Gasteiger partial charge in [0.2, 0.25) is 0 Å². The van der Waals surface area contributed by atoms with E-state index in [1.165, 1.54) is 29.1 Å². The van der Waals surface area contributed by atoms with Gasteiger partial charge in [-0.15, -0.1) is 0 Å². The van der Waals surface area contributed by atoms with Crippen LogP contribution in [0.3, 0.4) is 0 Å². The van der Waals surface area contributed by atoms with Gasteiger partial charge in [-0.25, -0.2) is 19.0 Å². The zero-order chi connectivity index (χ0) is 17.3. The van der Waals surface area contributed by atoms with Crippen molar-refractivity contribution >= 4 is 5.82 Å². The van der Waals surface area contributed by atoms with Gasteiger partial charge in [0.05, 0.1) is 12.2 Å². The summed E-state index contributed by atoms with van der Waals surface area (Å²) < 4.78 is 14.6. The van der Waals surface area contributed by atoms with E-state index >= 15 is 0 Å². The lowest BCUT2D eigenvalue weighted by Gasteiger charge is -2.12. The van der Waals surface area contributed by atoms with Gasteiger partial charge < -0.3 is 5.73 Å². The second-order valence-electron chi connectivity index (χ2n) is 5.59. The number of nitrogen functional groups attached to an aromatic ring is 1. The highest BCUT2D eigenvalue weighted by Gasteiger charge is 2.15. The Morgan fingerprint density at radius 1 is 1.08 bits per heavy atom. The van der Waals surface area contributed by atoms with Crippen molar-refractivity contribution < 1.29 is 4.39 Å². The molecule has 2 N–H and O–H groups in total. The molecule has 0 amide bonds. The molecular weight excluding hydrogens is 309 g/mol. The summed E-state index contributed by atoms with van der Waals surface area (Å²) in [6, 6.07) is 8.82. The maximum absolute atomic E-state index is 13.2. The second kappa shape index (κ2) is 6.19. The molecule has 3 rings (SSSR count). The average molecular weight is 325 g/mol. The van der Waals surface area contributed by atoms with Crippen LogP contribution in [0.15, 0.2) is 47.4 Å². The lowest BCUT2D eigenvalue weighted by molar-refractivity contribution is 0.504. The first kappa shape index (κ1) is 15.8. The second-order valence-corrected chi connectivity index (χ2v) is 5.59. The molecule has 2 heterocycles. The van der Waals surface area contributed by atoms with Gasteiger partial charge in [-0.05, 0) is 44.2 Å². The third-order valence-corrected chi connectivity index (χ3v) is 3.47. The van der Waals surface area contributed by atoms with Crippen LogP contribution in [0.4, 0.5) is 10.2 Å². The van der Waals surface area contributed by atoms with Crippen LogP contribution in [0.25, 0.3) is 22.6 Å². The van der Waals surface area contributed by atoms with E-state index in [9.17, 15) is 9.18 Å². The number of halogens is 1. The normalized spacial score (nSPS) is 11.0. The highest BCUT2D eigenvalue weighted by Crippen LogP contribution is 2.28. The Bertz CT molecular complexity index is 934. The molecule has 0 spiro atoms. The molecule has 2 aromatic heterocycles. The van der Waals surface area contributed by atoms with E-state index in [2.05, 4.69) is 15.1 Å². The molecule has 6 nitrogen and oxygen atoms in total. The predicted octanol–water partition coefficient (Wildman–Crippen LogP) is 2.67. The molecule has 3 aromatic rings. The molecule has 0 aliphatic carbocycles. The number of benzene rings is 1. The van der Waals surface area contributed by atoms with Crippen molar-refractivity contribution in [1.29, 1.82) is 0 Å². The molecule has 0 aliphatic heterocycles. The third-order valence-electron chi connectivity index (χ3n) is 3.47. The van der Waals surface area contributed by atoms with E-state index in [4.69, 9.17) is 5.73 Å². The Morgan fingerprint density at radius 2 is 1.79 bits per heavy atom. The van der Waals surface area contributed by atoms with Crippen molar-refractivity contribution in [1.82, 2.24) is 19.7 Å². The molecule has 0 unspecified atom stereocenters. The molecule has 0 bridgehead atoms. The number of anilines is 1. The standard InChI is InChI=1S/C17H16FN5O/c1-10(2)23-15(24)8-7-13(22-23)17-16(21-14(19)9-20-17)11-3-5-12(18)6-4-11/h3-10H,1-2H3,(H2,19,21). The lowest BCUT2D eigenvalue weighted by Crippen LogP contribution is -2.24. The van der Waals surface area contributed by atoms with Gasteiger partial charge >= 0.3 is 0 Å². The van der Waals surface area contributed by atoms with Crippen LogP contribution in [0.1, 0.15) is 19.9 Å². The Labute approximate surface area is 137 Å². The summed E-state index contributed by atoms with van der Waals surface area (Å²) in [7, 11) is 0. The van der Waals surface area contributed by atoms with Crippen LogP contribution in [-0.2, 0) is 0 Å². The summed E-state index contributed by atoms with van der Waals surface area (Å²) >= 11 is 0. The Balaban J connectivity index is 2.20. The summed E-state index contributed by atoms with van der Waals surface area (Å²) in [4.78, 5) is 20.5. The summed E-state index contributed by atoms with van der Waals surface area (Å²) in [6.07, 6.45) is 1.43. The molecule has 0 atom stereocenters. The van der Waals surface area contributed by atoms with Crippen LogP contribution in [0.2, 0.25) is 0 Å². The topological polar surface area (TPSA) is 86.7 Å². The van der Waals surface area contributed by atoms with E-state index < -0.39 is 0 Å². The van der Waals surface area contributed by atoms with Crippen LogP contribution in [0, 0.1) is 5.82 Å². The summed E-state index contributed by atoms with van der Waals surface area (Å²) in [5.41, 5.74) is 7.68. The molecule has 0 fully saturated rings. The number of aromatic nitrogens is 4. The molecule has 24 heavy (non-hydrogen) atoms. The maximum atomic E-state index is 13.2. The molecule has 7 heteroatoms. The summed E-state index contributed by atoms with van der Waals surface area (Å²) in [5.74, 6) is -0.0982. The maximum Gasteiger partial charge on any atom is 0.267 e. The van der Waals surface area contributed by atoms with E-state index in [-0.39, 0.29) is 23.2 Å².